The first-order chi connectivity index (χ1) is 14.9. The summed E-state index contributed by atoms with van der Waals surface area (Å²) in [5.74, 6) is -1.26. The van der Waals surface area contributed by atoms with Gasteiger partial charge in [-0.05, 0) is 55.5 Å². The molecular formula is C22H18ClN5O3. The molecule has 2 aromatic heterocycles. The molecule has 2 N–H and O–H groups in total. The lowest BCUT2D eigenvalue weighted by atomic mass is 10.2. The first-order valence-electron chi connectivity index (χ1n) is 9.38. The second kappa shape index (κ2) is 8.45. The molecule has 2 heterocycles. The Labute approximate surface area is 182 Å². The first-order valence-corrected chi connectivity index (χ1v) is 9.76. The molecule has 0 saturated carbocycles. The van der Waals surface area contributed by atoms with Crippen molar-refractivity contribution in [2.45, 2.75) is 13.5 Å². The van der Waals surface area contributed by atoms with Crippen LogP contribution >= 0.6 is 11.6 Å². The van der Waals surface area contributed by atoms with Crippen molar-refractivity contribution in [3.63, 3.8) is 0 Å². The number of amides is 1. The van der Waals surface area contributed by atoms with Crippen LogP contribution in [0.15, 0.2) is 67.1 Å². The zero-order valence-electron chi connectivity index (χ0n) is 16.5. The summed E-state index contributed by atoms with van der Waals surface area (Å²) in [4.78, 5) is 23.7. The largest absolute Gasteiger partial charge is 0.478 e. The highest BCUT2D eigenvalue weighted by atomic mass is 35.5. The quantitative estimate of drug-likeness (QED) is 0.481. The number of hydrogen-bond acceptors (Lipinski definition) is 4. The average molecular weight is 436 g/mol. The van der Waals surface area contributed by atoms with Crippen molar-refractivity contribution in [3.8, 4) is 11.4 Å². The Morgan fingerprint density at radius 3 is 2.32 bits per heavy atom. The van der Waals surface area contributed by atoms with Crippen LogP contribution in [0.3, 0.4) is 0 Å². The van der Waals surface area contributed by atoms with Crippen molar-refractivity contribution >= 4 is 23.5 Å². The summed E-state index contributed by atoms with van der Waals surface area (Å²) in [7, 11) is 0. The van der Waals surface area contributed by atoms with Crippen molar-refractivity contribution in [1.29, 1.82) is 0 Å². The minimum Gasteiger partial charge on any atom is -0.478 e. The predicted molar refractivity (Wildman–Crippen MR) is 115 cm³/mol. The van der Waals surface area contributed by atoms with Gasteiger partial charge in [0.25, 0.3) is 5.91 Å². The molecular weight excluding hydrogens is 418 g/mol. The molecule has 4 aromatic rings. The summed E-state index contributed by atoms with van der Waals surface area (Å²) in [6, 6.07) is 14.1. The second-order valence-corrected chi connectivity index (χ2v) is 7.30. The highest BCUT2D eigenvalue weighted by Crippen LogP contribution is 2.16. The Hall–Kier alpha value is -3.91. The van der Waals surface area contributed by atoms with E-state index in [0.717, 1.165) is 11.3 Å². The Kier molecular flexibility index (Phi) is 5.55. The molecule has 0 aliphatic carbocycles. The molecule has 156 valence electrons. The van der Waals surface area contributed by atoms with Crippen molar-refractivity contribution in [2.24, 2.45) is 0 Å². The molecule has 2 aromatic carbocycles. The van der Waals surface area contributed by atoms with Gasteiger partial charge in [0.05, 0.1) is 29.5 Å². The highest BCUT2D eigenvalue weighted by molar-refractivity contribution is 6.30. The smallest absolute Gasteiger partial charge is 0.339 e. The van der Waals surface area contributed by atoms with Crippen LogP contribution in [0, 0.1) is 6.92 Å². The van der Waals surface area contributed by atoms with Crippen LogP contribution in [0.4, 0.5) is 0 Å². The number of carbonyl (C=O) groups excluding carboxylic acids is 1. The summed E-state index contributed by atoms with van der Waals surface area (Å²) in [5, 5.41) is 21.1. The summed E-state index contributed by atoms with van der Waals surface area (Å²) >= 11 is 5.91. The van der Waals surface area contributed by atoms with E-state index in [0.29, 0.717) is 28.5 Å². The van der Waals surface area contributed by atoms with E-state index in [1.165, 1.54) is 10.9 Å². The van der Waals surface area contributed by atoms with E-state index in [9.17, 15) is 9.59 Å². The predicted octanol–water partition coefficient (Wildman–Crippen LogP) is 3.65. The van der Waals surface area contributed by atoms with Crippen molar-refractivity contribution in [2.75, 3.05) is 0 Å². The number of halogens is 1. The Balaban J connectivity index is 1.40. The second-order valence-electron chi connectivity index (χ2n) is 6.86. The van der Waals surface area contributed by atoms with E-state index in [1.807, 2.05) is 18.3 Å². The molecule has 0 aliphatic rings. The van der Waals surface area contributed by atoms with Gasteiger partial charge in [-0.1, -0.05) is 11.6 Å². The monoisotopic (exact) mass is 435 g/mol. The molecule has 0 atom stereocenters. The van der Waals surface area contributed by atoms with Gasteiger partial charge in [-0.2, -0.15) is 10.2 Å². The minimum absolute atomic E-state index is 0.140. The van der Waals surface area contributed by atoms with Crippen molar-refractivity contribution < 1.29 is 14.7 Å². The van der Waals surface area contributed by atoms with E-state index < -0.39 is 5.97 Å². The van der Waals surface area contributed by atoms with Gasteiger partial charge < -0.3 is 10.4 Å². The van der Waals surface area contributed by atoms with Crippen LogP contribution in [0.1, 0.15) is 32.0 Å². The number of nitrogens with zero attached hydrogens (tertiary/aromatic N) is 4. The lowest BCUT2D eigenvalue weighted by Crippen LogP contribution is -2.22. The van der Waals surface area contributed by atoms with E-state index in [2.05, 4.69) is 15.5 Å². The third kappa shape index (κ3) is 4.34. The molecule has 0 saturated heterocycles. The van der Waals surface area contributed by atoms with Crippen LogP contribution in [0.5, 0.6) is 0 Å². The molecule has 0 fully saturated rings. The fourth-order valence-corrected chi connectivity index (χ4v) is 3.23. The fourth-order valence-electron chi connectivity index (χ4n) is 3.10. The first kappa shape index (κ1) is 20.4. The number of carboxylic acid groups (broad SMARTS) is 1. The molecule has 9 heteroatoms. The van der Waals surface area contributed by atoms with Gasteiger partial charge in [0.15, 0.2) is 0 Å². The van der Waals surface area contributed by atoms with E-state index >= 15 is 0 Å². The Morgan fingerprint density at radius 1 is 1.00 bits per heavy atom. The summed E-state index contributed by atoms with van der Waals surface area (Å²) in [6.07, 6.45) is 4.84. The van der Waals surface area contributed by atoms with Gasteiger partial charge >= 0.3 is 5.97 Å². The number of rotatable bonds is 6. The standard InChI is InChI=1S/C22H18ClN5O3/c1-14-20(22(30)31)12-26-28(14)19-6-2-16(3-7-19)21(29)24-10-15-11-25-27(13-15)18-8-4-17(23)5-9-18/h2-9,11-13H,10H2,1H3,(H,24,29)(H,30,31). The number of aromatic carboxylic acids is 1. The van der Waals surface area contributed by atoms with Crippen LogP contribution in [0.2, 0.25) is 5.02 Å². The zero-order valence-corrected chi connectivity index (χ0v) is 17.2. The minimum atomic E-state index is -1.03. The number of carboxylic acids is 1. The fraction of sp³-hybridized carbons (Fsp3) is 0.0909. The summed E-state index contributed by atoms with van der Waals surface area (Å²) in [6.45, 7) is 2.01. The van der Waals surface area contributed by atoms with Gasteiger partial charge in [0.2, 0.25) is 0 Å². The van der Waals surface area contributed by atoms with E-state index in [4.69, 9.17) is 16.7 Å². The molecule has 31 heavy (non-hydrogen) atoms. The van der Waals surface area contributed by atoms with Crippen molar-refractivity contribution in [3.05, 3.63) is 94.5 Å². The molecule has 0 aliphatic heterocycles. The maximum atomic E-state index is 12.5. The van der Waals surface area contributed by atoms with Crippen LogP contribution in [0.25, 0.3) is 11.4 Å². The van der Waals surface area contributed by atoms with Gasteiger partial charge in [-0.25, -0.2) is 14.2 Å². The topological polar surface area (TPSA) is 102 Å². The number of nitrogens with one attached hydrogen (secondary N) is 1. The third-order valence-corrected chi connectivity index (χ3v) is 5.05. The molecule has 0 spiro atoms. The summed E-state index contributed by atoms with van der Waals surface area (Å²) in [5.41, 5.74) is 3.54. The zero-order chi connectivity index (χ0) is 22.0. The van der Waals surface area contributed by atoms with Gasteiger partial charge in [-0.3, -0.25) is 4.79 Å². The summed E-state index contributed by atoms with van der Waals surface area (Å²) < 4.78 is 3.24. The van der Waals surface area contributed by atoms with Crippen molar-refractivity contribution in [1.82, 2.24) is 24.9 Å². The van der Waals surface area contributed by atoms with Gasteiger partial charge in [-0.15, -0.1) is 0 Å². The number of carbonyl (C=O) groups is 2. The molecule has 0 unspecified atom stereocenters. The van der Waals surface area contributed by atoms with Crippen LogP contribution in [-0.2, 0) is 6.54 Å². The molecule has 4 rings (SSSR count). The number of benzene rings is 2. The maximum Gasteiger partial charge on any atom is 0.339 e. The van der Waals surface area contributed by atoms with E-state index in [1.54, 1.807) is 54.2 Å². The average Bonchev–Trinajstić information content (AvgIpc) is 3.39. The lowest BCUT2D eigenvalue weighted by molar-refractivity contribution is 0.0695. The van der Waals surface area contributed by atoms with Crippen LogP contribution < -0.4 is 5.32 Å². The third-order valence-electron chi connectivity index (χ3n) is 4.79. The maximum absolute atomic E-state index is 12.5. The number of aromatic nitrogens is 4. The van der Waals surface area contributed by atoms with Gasteiger partial charge in [0, 0.05) is 28.9 Å². The number of hydrogen-bond donors (Lipinski definition) is 2. The molecule has 1 amide bonds. The Bertz CT molecular complexity index is 1240. The molecule has 0 radical (unpaired) electrons. The Morgan fingerprint density at radius 2 is 1.68 bits per heavy atom. The molecule has 8 nitrogen and oxygen atoms in total. The van der Waals surface area contributed by atoms with E-state index in [-0.39, 0.29) is 11.5 Å². The SMILES string of the molecule is Cc1c(C(=O)O)cnn1-c1ccc(C(=O)NCc2cnn(-c3ccc(Cl)cc3)c2)cc1. The normalized spacial score (nSPS) is 10.8. The van der Waals surface area contributed by atoms with Gasteiger partial charge in [0.1, 0.15) is 5.56 Å². The lowest BCUT2D eigenvalue weighted by Gasteiger charge is -2.07. The van der Waals surface area contributed by atoms with Crippen LogP contribution in [-0.4, -0.2) is 36.5 Å². The molecule has 0 bridgehead atoms. The highest BCUT2D eigenvalue weighted by Gasteiger charge is 2.14.